The summed E-state index contributed by atoms with van der Waals surface area (Å²) in [6, 6.07) is 8.13. The molecule has 1 saturated carbocycles. The van der Waals surface area contributed by atoms with Gasteiger partial charge in [-0.15, -0.1) is 0 Å². The number of amides is 1. The summed E-state index contributed by atoms with van der Waals surface area (Å²) in [4.78, 5) is 32.8. The van der Waals surface area contributed by atoms with E-state index in [-0.39, 0.29) is 18.6 Å². The highest BCUT2D eigenvalue weighted by Crippen LogP contribution is 2.53. The van der Waals surface area contributed by atoms with Crippen LogP contribution in [0.15, 0.2) is 30.6 Å². The first-order valence-corrected chi connectivity index (χ1v) is 14.5. The minimum atomic E-state index is -0.508. The predicted octanol–water partition coefficient (Wildman–Crippen LogP) is 2.71. The Labute approximate surface area is 230 Å². The lowest BCUT2D eigenvalue weighted by Gasteiger charge is -2.39. The van der Waals surface area contributed by atoms with Crippen LogP contribution in [0.5, 0.6) is 0 Å². The summed E-state index contributed by atoms with van der Waals surface area (Å²) in [6.45, 7) is 12.1. The number of hydrogen-bond donors (Lipinski definition) is 1. The van der Waals surface area contributed by atoms with E-state index in [0.29, 0.717) is 29.9 Å². The topological polar surface area (TPSA) is 76.0 Å². The van der Waals surface area contributed by atoms with Gasteiger partial charge in [-0.3, -0.25) is 14.6 Å². The number of carbonyl (C=O) groups excluding carboxylic acids is 1. The zero-order chi connectivity index (χ0) is 26.4. The number of nitrogens with zero attached hydrogens (tertiary/aromatic N) is 6. The van der Waals surface area contributed by atoms with Crippen molar-refractivity contribution in [2.75, 3.05) is 70.4 Å². The van der Waals surface area contributed by atoms with Gasteiger partial charge in [0.1, 0.15) is 12.1 Å². The maximum absolute atomic E-state index is 14.3. The molecule has 4 atom stereocenters. The van der Waals surface area contributed by atoms with E-state index in [1.807, 2.05) is 24.3 Å². The van der Waals surface area contributed by atoms with E-state index < -0.39 is 5.41 Å². The van der Waals surface area contributed by atoms with Gasteiger partial charge in [-0.2, -0.15) is 0 Å². The Balaban J connectivity index is 1.18. The number of hydrogen-bond acceptors (Lipinski definition) is 7. The van der Waals surface area contributed by atoms with Gasteiger partial charge in [0.25, 0.3) is 0 Å². The summed E-state index contributed by atoms with van der Waals surface area (Å²) in [5.74, 6) is 2.25. The maximum atomic E-state index is 14.3. The van der Waals surface area contributed by atoms with Crippen molar-refractivity contribution in [2.45, 2.75) is 50.0 Å². The van der Waals surface area contributed by atoms with Gasteiger partial charge in [-0.25, -0.2) is 9.97 Å². The van der Waals surface area contributed by atoms with Crippen LogP contribution in [-0.4, -0.2) is 107 Å². The molecule has 2 aliphatic heterocycles. The molecule has 9 heteroatoms. The quantitative estimate of drug-likeness (QED) is 0.606. The van der Waals surface area contributed by atoms with Crippen LogP contribution in [0.4, 0.5) is 5.82 Å². The molecule has 1 N–H and O–H groups in total. The largest absolute Gasteiger partial charge is 0.395 e. The van der Waals surface area contributed by atoms with E-state index in [2.05, 4.69) is 38.4 Å². The fraction of sp³-hybridized carbons (Fsp3) is 0.621. The van der Waals surface area contributed by atoms with E-state index in [1.165, 1.54) is 11.3 Å². The van der Waals surface area contributed by atoms with Crippen molar-refractivity contribution in [3.8, 4) is 0 Å². The smallest absolute Gasteiger partial charge is 0.235 e. The van der Waals surface area contributed by atoms with Crippen molar-refractivity contribution in [1.29, 1.82) is 0 Å². The number of benzene rings is 1. The minimum absolute atomic E-state index is 0.193. The standard InChI is InChI=1S/C29H39ClN6O2/c1-20-17-21(2)26-25(20)27(32-19-31-26)35-11-13-36(14-12-35)28(38)29(22-3-5-23(30)6-4-22)18-24(29)34-9-7-33(8-10-34)15-16-37/h3-6,19-21,24,37H,7-18H2,1-2H3/t20?,21?,24?,29-/m1/s1. The highest BCUT2D eigenvalue weighted by molar-refractivity contribution is 6.30. The maximum Gasteiger partial charge on any atom is 0.235 e. The molecular formula is C29H39ClN6O2. The Morgan fingerprint density at radius 2 is 1.71 bits per heavy atom. The number of halogens is 1. The molecule has 0 bridgehead atoms. The molecule has 1 amide bonds. The summed E-state index contributed by atoms with van der Waals surface area (Å²) in [5, 5.41) is 10.0. The van der Waals surface area contributed by atoms with Crippen molar-refractivity contribution in [3.05, 3.63) is 52.4 Å². The van der Waals surface area contributed by atoms with Crippen LogP contribution < -0.4 is 4.90 Å². The normalized spacial score (nSPS) is 29.9. The fourth-order valence-electron chi connectivity index (χ4n) is 7.22. The van der Waals surface area contributed by atoms with Crippen LogP contribution in [-0.2, 0) is 10.2 Å². The second-order valence-corrected chi connectivity index (χ2v) is 12.0. The van der Waals surface area contributed by atoms with Crippen LogP contribution >= 0.6 is 11.6 Å². The first-order valence-electron chi connectivity index (χ1n) is 14.1. The number of aliphatic hydroxyl groups excluding tert-OH is 1. The minimum Gasteiger partial charge on any atom is -0.395 e. The van der Waals surface area contributed by atoms with Gasteiger partial charge in [0.15, 0.2) is 0 Å². The third-order valence-electron chi connectivity index (χ3n) is 9.36. The fourth-order valence-corrected chi connectivity index (χ4v) is 7.34. The van der Waals surface area contributed by atoms with Crippen LogP contribution in [0, 0.1) is 0 Å². The molecule has 8 nitrogen and oxygen atoms in total. The Morgan fingerprint density at radius 3 is 2.39 bits per heavy atom. The Bertz CT molecular complexity index is 1160. The summed E-state index contributed by atoms with van der Waals surface area (Å²) in [7, 11) is 0. The third kappa shape index (κ3) is 4.49. The zero-order valence-electron chi connectivity index (χ0n) is 22.5. The van der Waals surface area contributed by atoms with Crippen LogP contribution in [0.25, 0.3) is 0 Å². The molecule has 38 heavy (non-hydrogen) atoms. The number of rotatable bonds is 6. The third-order valence-corrected chi connectivity index (χ3v) is 9.61. The zero-order valence-corrected chi connectivity index (χ0v) is 23.3. The van der Waals surface area contributed by atoms with Gasteiger partial charge in [0.2, 0.25) is 5.91 Å². The van der Waals surface area contributed by atoms with Crippen LogP contribution in [0.3, 0.4) is 0 Å². The SMILES string of the molecule is CC1CC(C)c2c1ncnc2N1CCN(C(=O)[C@@]2(c3ccc(Cl)cc3)CC2N2CCN(CCO)CC2)CC1. The van der Waals surface area contributed by atoms with E-state index in [9.17, 15) is 9.90 Å². The second kappa shape index (κ2) is 10.4. The number of fused-ring (bicyclic) bond motifs is 1. The van der Waals surface area contributed by atoms with Gasteiger partial charge in [-0.1, -0.05) is 37.6 Å². The Hall–Kier alpha value is -2.26. The molecule has 1 aromatic heterocycles. The number of piperazine rings is 2. The van der Waals surface area contributed by atoms with Crippen LogP contribution in [0.1, 0.15) is 55.3 Å². The highest BCUT2D eigenvalue weighted by atomic mass is 35.5. The molecule has 1 aromatic carbocycles. The summed E-state index contributed by atoms with van der Waals surface area (Å²) in [5.41, 5.74) is 3.07. The molecule has 0 radical (unpaired) electrons. The molecule has 2 aromatic rings. The first kappa shape index (κ1) is 26.0. The van der Waals surface area contributed by atoms with E-state index in [4.69, 9.17) is 16.6 Å². The molecule has 3 unspecified atom stereocenters. The summed E-state index contributed by atoms with van der Waals surface area (Å²) < 4.78 is 0. The molecule has 2 aliphatic carbocycles. The van der Waals surface area contributed by atoms with E-state index >= 15 is 0 Å². The van der Waals surface area contributed by atoms with E-state index in [0.717, 1.165) is 70.0 Å². The lowest BCUT2D eigenvalue weighted by molar-refractivity contribution is -0.135. The Kier molecular flexibility index (Phi) is 7.10. The number of aromatic nitrogens is 2. The van der Waals surface area contributed by atoms with Crippen molar-refractivity contribution >= 4 is 23.3 Å². The average molecular weight is 539 g/mol. The lowest BCUT2D eigenvalue weighted by Crippen LogP contribution is -2.54. The van der Waals surface area contributed by atoms with Crippen molar-refractivity contribution < 1.29 is 9.90 Å². The molecule has 3 heterocycles. The highest BCUT2D eigenvalue weighted by Gasteiger charge is 2.64. The van der Waals surface area contributed by atoms with Crippen LogP contribution in [0.2, 0.25) is 5.02 Å². The van der Waals surface area contributed by atoms with E-state index in [1.54, 1.807) is 6.33 Å². The molecule has 204 valence electrons. The van der Waals surface area contributed by atoms with Gasteiger partial charge in [-0.05, 0) is 42.4 Å². The second-order valence-electron chi connectivity index (χ2n) is 11.6. The van der Waals surface area contributed by atoms with Crippen molar-refractivity contribution in [3.63, 3.8) is 0 Å². The molecule has 4 aliphatic rings. The van der Waals surface area contributed by atoms with Crippen molar-refractivity contribution in [1.82, 2.24) is 24.7 Å². The number of aliphatic hydroxyl groups is 1. The summed E-state index contributed by atoms with van der Waals surface area (Å²) in [6.07, 6.45) is 3.69. The summed E-state index contributed by atoms with van der Waals surface area (Å²) >= 11 is 6.23. The monoisotopic (exact) mass is 538 g/mol. The number of anilines is 1. The first-order chi connectivity index (χ1) is 18.4. The number of carbonyl (C=O) groups is 1. The van der Waals surface area contributed by atoms with Gasteiger partial charge in [0, 0.05) is 75.5 Å². The molecule has 2 saturated heterocycles. The molecular weight excluding hydrogens is 500 g/mol. The number of β-amino-alcohol motifs (C(OH)–C–C–N with tert-alkyl or cyclic N) is 1. The lowest BCUT2D eigenvalue weighted by atomic mass is 9.92. The molecule has 6 rings (SSSR count). The average Bonchev–Trinajstić information content (AvgIpc) is 3.63. The predicted molar refractivity (Wildman–Crippen MR) is 149 cm³/mol. The van der Waals surface area contributed by atoms with Gasteiger partial charge in [0.05, 0.1) is 17.7 Å². The van der Waals surface area contributed by atoms with Crippen molar-refractivity contribution in [2.24, 2.45) is 0 Å². The molecule has 0 spiro atoms. The van der Waals surface area contributed by atoms with Gasteiger partial charge < -0.3 is 14.9 Å². The molecule has 3 fully saturated rings. The Morgan fingerprint density at radius 1 is 1.00 bits per heavy atom. The van der Waals surface area contributed by atoms with Gasteiger partial charge >= 0.3 is 0 Å².